The predicted molar refractivity (Wildman–Crippen MR) is 40.3 cm³/mol. The summed E-state index contributed by atoms with van der Waals surface area (Å²) in [6.45, 7) is 0. The van der Waals surface area contributed by atoms with E-state index >= 15 is 0 Å². The molecule has 0 atom stereocenters. The largest absolute Gasteiger partial charge is 1.00 e. The predicted octanol–water partition coefficient (Wildman–Crippen LogP) is -5.53. The van der Waals surface area contributed by atoms with E-state index in [1.165, 1.54) is 4.74 Å². The minimum absolute atomic E-state index is 0. The molecule has 0 fully saturated rings. The van der Waals surface area contributed by atoms with Crippen LogP contribution in [-0.2, 0) is 25.0 Å². The van der Waals surface area contributed by atoms with E-state index < -0.39 is 43.0 Å². The monoisotopic (exact) mass is 454 g/mol. The summed E-state index contributed by atoms with van der Waals surface area (Å²) in [6.07, 6.45) is -14.2. The number of hydrogen-bond donors (Lipinski definition) is 0. The molecule has 0 aromatic carbocycles. The van der Waals surface area contributed by atoms with Crippen molar-refractivity contribution in [1.29, 1.82) is 0 Å². The van der Waals surface area contributed by atoms with Crippen molar-refractivity contribution in [2.75, 3.05) is 0 Å². The molecule has 0 aromatic heterocycles. The van der Waals surface area contributed by atoms with Crippen LogP contribution < -0.4 is 103 Å². The van der Waals surface area contributed by atoms with Crippen LogP contribution in [0.3, 0.4) is 0 Å². The second-order valence-electron chi connectivity index (χ2n) is 3.08. The zero-order valence-electron chi connectivity index (χ0n) is 10.7. The molecule has 0 amide bonds. The second kappa shape index (κ2) is 8.67. The van der Waals surface area contributed by atoms with E-state index in [2.05, 4.69) is 0 Å². The summed E-state index contributed by atoms with van der Waals surface area (Å²) >= 11 is 0. The van der Waals surface area contributed by atoms with Crippen molar-refractivity contribution >= 4 is 20.2 Å². The van der Waals surface area contributed by atoms with Gasteiger partial charge in [0.15, 0.2) is 20.2 Å². The standard InChI is InChI=1S/C4H2F8O7S2.2K/c5-1(6,3(9,10)20(13,14)15)19-2(7,8)4(11,12)21(16,17)18;;/h(H,13,14,15)(H,16,17,18);;/q;2*+1/p-2. The first-order chi connectivity index (χ1) is 8.71. The van der Waals surface area contributed by atoms with Gasteiger partial charge in [-0.05, 0) is 0 Å². The molecule has 0 aliphatic carbocycles. The first-order valence-electron chi connectivity index (χ1n) is 3.83. The normalized spacial score (nSPS) is 14.7. The Hall–Kier alpha value is 2.49. The zero-order valence-corrected chi connectivity index (χ0v) is 18.6. The van der Waals surface area contributed by atoms with E-state index in [1.54, 1.807) is 0 Å². The molecule has 0 bridgehead atoms. The van der Waals surface area contributed by atoms with Gasteiger partial charge in [0.05, 0.1) is 0 Å². The van der Waals surface area contributed by atoms with Crippen molar-refractivity contribution in [2.24, 2.45) is 0 Å². The Labute approximate surface area is 207 Å². The van der Waals surface area contributed by atoms with Gasteiger partial charge in [-0.25, -0.2) is 21.6 Å². The Kier molecular flexibility index (Phi) is 11.4. The van der Waals surface area contributed by atoms with Crippen LogP contribution in [0.2, 0.25) is 0 Å². The maximum absolute atomic E-state index is 12.5. The van der Waals surface area contributed by atoms with Gasteiger partial charge in [-0.2, -0.15) is 35.1 Å². The van der Waals surface area contributed by atoms with E-state index in [0.29, 0.717) is 0 Å². The van der Waals surface area contributed by atoms with Crippen molar-refractivity contribution in [1.82, 2.24) is 0 Å². The summed E-state index contributed by atoms with van der Waals surface area (Å²) in [5.74, 6) is 0. The van der Waals surface area contributed by atoms with E-state index in [9.17, 15) is 61.1 Å². The van der Waals surface area contributed by atoms with Gasteiger partial charge in [0.1, 0.15) is 0 Å². The first-order valence-corrected chi connectivity index (χ1v) is 6.64. The van der Waals surface area contributed by atoms with Crippen molar-refractivity contribution in [3.8, 4) is 0 Å². The molecule has 0 saturated heterocycles. The summed E-state index contributed by atoms with van der Waals surface area (Å²) in [6, 6.07) is 0. The summed E-state index contributed by atoms with van der Waals surface area (Å²) < 4.78 is 159. The Morgan fingerprint density at radius 2 is 0.783 bits per heavy atom. The van der Waals surface area contributed by atoms with E-state index in [4.69, 9.17) is 0 Å². The van der Waals surface area contributed by atoms with Crippen LogP contribution in [-0.4, -0.2) is 48.7 Å². The van der Waals surface area contributed by atoms with Crippen LogP contribution in [0.4, 0.5) is 35.1 Å². The van der Waals surface area contributed by atoms with Gasteiger partial charge < -0.3 is 9.11 Å². The quantitative estimate of drug-likeness (QED) is 0.223. The fraction of sp³-hybridized carbons (Fsp3) is 1.00. The molecular formula is C4F8K2O7S2. The molecule has 128 valence electrons. The Morgan fingerprint density at radius 1 is 0.609 bits per heavy atom. The Bertz CT molecular complexity index is 562. The van der Waals surface area contributed by atoms with Gasteiger partial charge in [-0.15, -0.1) is 0 Å². The minimum atomic E-state index is -7.38. The number of rotatable bonds is 6. The smallest absolute Gasteiger partial charge is 0.743 e. The molecule has 0 spiro atoms. The fourth-order valence-electron chi connectivity index (χ4n) is 0.571. The van der Waals surface area contributed by atoms with E-state index in [0.717, 1.165) is 0 Å². The molecule has 23 heavy (non-hydrogen) atoms. The van der Waals surface area contributed by atoms with Crippen molar-refractivity contribution in [3.05, 3.63) is 0 Å². The van der Waals surface area contributed by atoms with Crippen molar-refractivity contribution in [2.45, 2.75) is 22.7 Å². The van der Waals surface area contributed by atoms with Gasteiger partial charge in [0.25, 0.3) is 0 Å². The molecule has 0 aliphatic heterocycles. The molecule has 0 rings (SSSR count). The number of halogens is 8. The Morgan fingerprint density at radius 3 is 0.913 bits per heavy atom. The molecule has 0 radical (unpaired) electrons. The molecule has 0 aromatic rings. The first kappa shape index (κ1) is 30.2. The average molecular weight is 454 g/mol. The van der Waals surface area contributed by atoms with Gasteiger partial charge >= 0.3 is 125 Å². The zero-order chi connectivity index (χ0) is 17.7. The summed E-state index contributed by atoms with van der Waals surface area (Å²) in [5.41, 5.74) is 0. The Balaban J connectivity index is -0.00000200. The third-order valence-electron chi connectivity index (χ3n) is 1.56. The average Bonchev–Trinajstić information content (AvgIpc) is 2.11. The molecule has 0 heterocycles. The van der Waals surface area contributed by atoms with Crippen molar-refractivity contribution in [3.63, 3.8) is 0 Å². The number of ether oxygens (including phenoxy) is 1. The third kappa shape index (κ3) is 6.26. The summed E-state index contributed by atoms with van der Waals surface area (Å²) in [7, 11) is -14.8. The van der Waals surface area contributed by atoms with Gasteiger partial charge in [-0.1, -0.05) is 0 Å². The summed E-state index contributed by atoms with van der Waals surface area (Å²) in [4.78, 5) is 0. The molecule has 0 saturated carbocycles. The van der Waals surface area contributed by atoms with Crippen LogP contribution in [0.25, 0.3) is 0 Å². The molecule has 0 aliphatic rings. The maximum atomic E-state index is 12.5. The number of hydrogen-bond acceptors (Lipinski definition) is 7. The van der Waals surface area contributed by atoms with E-state index in [-0.39, 0.29) is 103 Å². The minimum Gasteiger partial charge on any atom is -0.743 e. The summed E-state index contributed by atoms with van der Waals surface area (Å²) in [5, 5.41) is -13.9. The number of alkyl halides is 8. The van der Waals surface area contributed by atoms with Gasteiger partial charge in [0.2, 0.25) is 0 Å². The SMILES string of the molecule is O=S(=O)([O-])C(F)(F)C(F)(F)OC(F)(F)C(F)(F)S(=O)(=O)[O-].[K+].[K+]. The fourth-order valence-corrected chi connectivity index (χ4v) is 1.24. The van der Waals surface area contributed by atoms with E-state index in [1.807, 2.05) is 0 Å². The topological polar surface area (TPSA) is 124 Å². The van der Waals surface area contributed by atoms with Gasteiger partial charge in [0, 0.05) is 0 Å². The maximum Gasteiger partial charge on any atom is 1.00 e. The molecule has 0 unspecified atom stereocenters. The molecule has 7 nitrogen and oxygen atoms in total. The molecule has 0 N–H and O–H groups in total. The van der Waals surface area contributed by atoms with Crippen LogP contribution in [0, 0.1) is 0 Å². The molecule has 19 heteroatoms. The van der Waals surface area contributed by atoms with Crippen LogP contribution in [0.15, 0.2) is 0 Å². The van der Waals surface area contributed by atoms with Crippen molar-refractivity contribution < 1.29 is 169 Å². The van der Waals surface area contributed by atoms with Crippen LogP contribution in [0.1, 0.15) is 0 Å². The molecular weight excluding hydrogens is 454 g/mol. The van der Waals surface area contributed by atoms with Crippen LogP contribution in [0.5, 0.6) is 0 Å². The van der Waals surface area contributed by atoms with Gasteiger partial charge in [-0.3, -0.25) is 0 Å². The van der Waals surface area contributed by atoms with Crippen LogP contribution >= 0.6 is 0 Å². The second-order valence-corrected chi connectivity index (χ2v) is 5.92. The third-order valence-corrected chi connectivity index (χ3v) is 3.29.